The van der Waals surface area contributed by atoms with E-state index < -0.39 is 33.3 Å². The number of nitrogens with one attached hydrogen (secondary N) is 2. The summed E-state index contributed by atoms with van der Waals surface area (Å²) in [6.07, 6.45) is 1.21. The number of sulfone groups is 1. The standard InChI is InChI=1S/C22H26N2O4S/c1-4-14(3)16-10-8-9-15(5-2)21(16)24-20(25)13-19-22(26)23-17-11-6-7-12-18(17)29(19,27)28/h6-12,14,19H,4-5,13H2,1-3H3,(H,23,26)(H,24,25)/t14-,19-/m0/s1. The predicted octanol–water partition coefficient (Wildman–Crippen LogP) is 3.89. The van der Waals surface area contributed by atoms with Crippen LogP contribution in [0, 0.1) is 0 Å². The van der Waals surface area contributed by atoms with Crippen molar-refractivity contribution in [2.24, 2.45) is 0 Å². The van der Waals surface area contributed by atoms with E-state index in [1.165, 1.54) is 12.1 Å². The lowest BCUT2D eigenvalue weighted by atomic mass is 9.93. The molecule has 0 saturated carbocycles. The largest absolute Gasteiger partial charge is 0.326 e. The Bertz CT molecular complexity index is 1050. The molecule has 1 heterocycles. The second-order valence-corrected chi connectivity index (χ2v) is 9.41. The quantitative estimate of drug-likeness (QED) is 0.750. The Morgan fingerprint density at radius 2 is 1.86 bits per heavy atom. The van der Waals surface area contributed by atoms with Crippen LogP contribution in [-0.4, -0.2) is 25.5 Å². The highest BCUT2D eigenvalue weighted by Crippen LogP contribution is 2.33. The Balaban J connectivity index is 1.88. The number of carbonyl (C=O) groups excluding carboxylic acids is 2. The summed E-state index contributed by atoms with van der Waals surface area (Å²) in [4.78, 5) is 25.3. The monoisotopic (exact) mass is 414 g/mol. The van der Waals surface area contributed by atoms with E-state index in [0.717, 1.165) is 29.7 Å². The van der Waals surface area contributed by atoms with Gasteiger partial charge in [0.25, 0.3) is 0 Å². The van der Waals surface area contributed by atoms with E-state index in [9.17, 15) is 18.0 Å². The van der Waals surface area contributed by atoms with Crippen LogP contribution in [0.25, 0.3) is 0 Å². The molecule has 1 aliphatic heterocycles. The van der Waals surface area contributed by atoms with E-state index in [-0.39, 0.29) is 16.5 Å². The molecule has 3 rings (SSSR count). The van der Waals surface area contributed by atoms with Gasteiger partial charge in [0.15, 0.2) is 15.1 Å². The number of hydrogen-bond acceptors (Lipinski definition) is 4. The van der Waals surface area contributed by atoms with Crippen molar-refractivity contribution >= 4 is 33.0 Å². The smallest absolute Gasteiger partial charge is 0.243 e. The van der Waals surface area contributed by atoms with Crippen molar-refractivity contribution in [2.75, 3.05) is 10.6 Å². The zero-order valence-corrected chi connectivity index (χ0v) is 17.7. The molecular formula is C22H26N2O4S. The zero-order chi connectivity index (χ0) is 21.2. The van der Waals surface area contributed by atoms with Gasteiger partial charge in [-0.05, 0) is 42.0 Å². The number of aryl methyl sites for hydroxylation is 1. The van der Waals surface area contributed by atoms with Gasteiger partial charge in [-0.1, -0.05) is 51.1 Å². The third-order valence-electron chi connectivity index (χ3n) is 5.46. The molecule has 1 aliphatic rings. The fourth-order valence-corrected chi connectivity index (χ4v) is 5.30. The number of anilines is 2. The third-order valence-corrected chi connectivity index (χ3v) is 7.56. The van der Waals surface area contributed by atoms with Crippen LogP contribution in [-0.2, 0) is 25.8 Å². The minimum atomic E-state index is -3.94. The van der Waals surface area contributed by atoms with Crippen LogP contribution in [0.2, 0.25) is 0 Å². The lowest BCUT2D eigenvalue weighted by Gasteiger charge is -2.25. The highest BCUT2D eigenvalue weighted by molar-refractivity contribution is 7.93. The van der Waals surface area contributed by atoms with Gasteiger partial charge in [0.2, 0.25) is 11.8 Å². The molecule has 0 aromatic heterocycles. The topological polar surface area (TPSA) is 92.3 Å². The number of carbonyl (C=O) groups is 2. The Morgan fingerprint density at radius 3 is 2.55 bits per heavy atom. The molecule has 6 nitrogen and oxygen atoms in total. The van der Waals surface area contributed by atoms with Crippen molar-refractivity contribution in [1.82, 2.24) is 0 Å². The molecule has 2 amide bonds. The summed E-state index contributed by atoms with van der Waals surface area (Å²) >= 11 is 0. The number of amides is 2. The van der Waals surface area contributed by atoms with E-state index in [1.807, 2.05) is 25.1 Å². The van der Waals surface area contributed by atoms with Crippen LogP contribution >= 0.6 is 0 Å². The first-order valence-electron chi connectivity index (χ1n) is 9.85. The van der Waals surface area contributed by atoms with Gasteiger partial charge in [-0.15, -0.1) is 0 Å². The van der Waals surface area contributed by atoms with Gasteiger partial charge >= 0.3 is 0 Å². The first kappa shape index (κ1) is 21.0. The number of hydrogen-bond donors (Lipinski definition) is 2. The first-order valence-corrected chi connectivity index (χ1v) is 11.4. The molecule has 0 spiro atoms. The Kier molecular flexibility index (Phi) is 6.07. The second-order valence-electron chi connectivity index (χ2n) is 7.32. The summed E-state index contributed by atoms with van der Waals surface area (Å²) in [5.74, 6) is -0.922. The minimum Gasteiger partial charge on any atom is -0.326 e. The highest BCUT2D eigenvalue weighted by atomic mass is 32.2. The van der Waals surface area contributed by atoms with Crippen molar-refractivity contribution in [2.45, 2.75) is 56.1 Å². The van der Waals surface area contributed by atoms with Gasteiger partial charge in [0.1, 0.15) is 0 Å². The lowest BCUT2D eigenvalue weighted by molar-refractivity contribution is -0.121. The summed E-state index contributed by atoms with van der Waals surface area (Å²) < 4.78 is 25.8. The molecule has 0 aliphatic carbocycles. The summed E-state index contributed by atoms with van der Waals surface area (Å²) in [5.41, 5.74) is 2.98. The maximum atomic E-state index is 12.9. The average molecular weight is 415 g/mol. The van der Waals surface area contributed by atoms with Gasteiger partial charge < -0.3 is 10.6 Å². The van der Waals surface area contributed by atoms with Crippen LogP contribution in [0.3, 0.4) is 0 Å². The SMILES string of the molecule is CCc1cccc([C@@H](C)CC)c1NC(=O)C[C@H]1C(=O)Nc2ccccc2S1(=O)=O. The Labute approximate surface area is 171 Å². The number of para-hydroxylation sites is 2. The predicted molar refractivity (Wildman–Crippen MR) is 114 cm³/mol. The van der Waals surface area contributed by atoms with Gasteiger partial charge in [-0.3, -0.25) is 9.59 Å². The molecule has 2 N–H and O–H groups in total. The molecule has 2 atom stereocenters. The van der Waals surface area contributed by atoms with E-state index in [1.54, 1.807) is 12.1 Å². The van der Waals surface area contributed by atoms with E-state index in [4.69, 9.17) is 0 Å². The summed E-state index contributed by atoms with van der Waals surface area (Å²) in [7, 11) is -3.94. The summed E-state index contributed by atoms with van der Waals surface area (Å²) in [5, 5.41) is 4.04. The number of rotatable bonds is 6. The lowest BCUT2D eigenvalue weighted by Crippen LogP contribution is -2.42. The molecule has 0 bridgehead atoms. The van der Waals surface area contributed by atoms with Crippen LogP contribution < -0.4 is 10.6 Å². The number of benzene rings is 2. The van der Waals surface area contributed by atoms with E-state index in [2.05, 4.69) is 24.5 Å². The molecule has 7 heteroatoms. The molecule has 0 saturated heterocycles. The zero-order valence-electron chi connectivity index (χ0n) is 16.9. The first-order chi connectivity index (χ1) is 13.8. The Morgan fingerprint density at radius 1 is 1.14 bits per heavy atom. The van der Waals surface area contributed by atoms with Crippen LogP contribution in [0.5, 0.6) is 0 Å². The molecule has 29 heavy (non-hydrogen) atoms. The highest BCUT2D eigenvalue weighted by Gasteiger charge is 2.41. The van der Waals surface area contributed by atoms with Crippen molar-refractivity contribution in [3.05, 3.63) is 53.6 Å². The molecule has 154 valence electrons. The fourth-order valence-electron chi connectivity index (χ4n) is 3.58. The molecule has 0 unspecified atom stereocenters. The fraction of sp³-hybridized carbons (Fsp3) is 0.364. The van der Waals surface area contributed by atoms with Crippen molar-refractivity contribution in [3.8, 4) is 0 Å². The van der Waals surface area contributed by atoms with E-state index in [0.29, 0.717) is 0 Å². The van der Waals surface area contributed by atoms with Crippen molar-refractivity contribution < 1.29 is 18.0 Å². The maximum Gasteiger partial charge on any atom is 0.243 e. The molecule has 0 radical (unpaired) electrons. The van der Waals surface area contributed by atoms with E-state index >= 15 is 0 Å². The van der Waals surface area contributed by atoms with Crippen LogP contribution in [0.15, 0.2) is 47.4 Å². The van der Waals surface area contributed by atoms with Crippen LogP contribution in [0.1, 0.15) is 50.7 Å². The molecule has 2 aromatic rings. The molecule has 0 fully saturated rings. The van der Waals surface area contributed by atoms with Gasteiger partial charge in [-0.25, -0.2) is 8.42 Å². The normalized spacial score (nSPS) is 18.4. The average Bonchev–Trinajstić information content (AvgIpc) is 2.70. The molecular weight excluding hydrogens is 388 g/mol. The maximum absolute atomic E-state index is 12.9. The molecule has 2 aromatic carbocycles. The van der Waals surface area contributed by atoms with Gasteiger partial charge in [0, 0.05) is 5.69 Å². The summed E-state index contributed by atoms with van der Waals surface area (Å²) in [6, 6.07) is 12.1. The van der Waals surface area contributed by atoms with Crippen molar-refractivity contribution in [3.63, 3.8) is 0 Å². The summed E-state index contributed by atoms with van der Waals surface area (Å²) in [6.45, 7) is 6.16. The van der Waals surface area contributed by atoms with Crippen molar-refractivity contribution in [1.29, 1.82) is 0 Å². The van der Waals surface area contributed by atoms with Gasteiger partial charge in [0.05, 0.1) is 17.0 Å². The third kappa shape index (κ3) is 4.05. The number of fused-ring (bicyclic) bond motifs is 1. The minimum absolute atomic E-state index is 0.0478. The van der Waals surface area contributed by atoms with Crippen LogP contribution in [0.4, 0.5) is 11.4 Å². The Hall–Kier alpha value is -2.67. The second kappa shape index (κ2) is 8.37. The van der Waals surface area contributed by atoms with Gasteiger partial charge in [-0.2, -0.15) is 0 Å².